The van der Waals surface area contributed by atoms with Crippen LogP contribution < -0.4 is 9.80 Å². The minimum absolute atomic E-state index is 0.116. The third kappa shape index (κ3) is 4.15. The lowest BCUT2D eigenvalue weighted by atomic mass is 9.94. The first-order valence-corrected chi connectivity index (χ1v) is 13.2. The lowest BCUT2D eigenvalue weighted by molar-refractivity contribution is 0.226. The van der Waals surface area contributed by atoms with Gasteiger partial charge in [-0.15, -0.1) is 0 Å². The van der Waals surface area contributed by atoms with Crippen LogP contribution >= 0.6 is 0 Å². The summed E-state index contributed by atoms with van der Waals surface area (Å²) < 4.78 is 16.4. The van der Waals surface area contributed by atoms with E-state index in [9.17, 15) is 4.39 Å². The Balaban J connectivity index is 1.47. The maximum Gasteiger partial charge on any atom is 0.160 e. The van der Waals surface area contributed by atoms with E-state index < -0.39 is 0 Å². The highest BCUT2D eigenvalue weighted by molar-refractivity contribution is 5.66. The molecule has 1 aromatic carbocycles. The van der Waals surface area contributed by atoms with Crippen LogP contribution in [-0.4, -0.2) is 52.7 Å². The molecule has 0 N–H and O–H groups in total. The van der Waals surface area contributed by atoms with E-state index in [0.29, 0.717) is 0 Å². The van der Waals surface area contributed by atoms with Gasteiger partial charge in [0.2, 0.25) is 0 Å². The average molecular weight is 475 g/mol. The molecule has 6 nitrogen and oxygen atoms in total. The third-order valence-electron chi connectivity index (χ3n) is 8.00. The van der Waals surface area contributed by atoms with Gasteiger partial charge in [-0.05, 0) is 62.6 Å². The number of fused-ring (bicyclic) bond motifs is 4. The van der Waals surface area contributed by atoms with Crippen LogP contribution in [0, 0.1) is 5.82 Å². The molecule has 2 saturated heterocycles. The Kier molecular flexibility index (Phi) is 5.86. The van der Waals surface area contributed by atoms with Crippen molar-refractivity contribution in [2.45, 2.75) is 57.4 Å². The summed E-state index contributed by atoms with van der Waals surface area (Å²) in [6.07, 6.45) is 8.75. The number of hydrogen-bond acceptors (Lipinski definition) is 5. The molecular weight excluding hydrogens is 439 g/mol. The van der Waals surface area contributed by atoms with Gasteiger partial charge in [-0.1, -0.05) is 19.1 Å². The van der Waals surface area contributed by atoms with Crippen molar-refractivity contribution in [3.8, 4) is 0 Å². The van der Waals surface area contributed by atoms with Gasteiger partial charge >= 0.3 is 0 Å². The molecule has 7 heteroatoms. The molecule has 5 heterocycles. The summed E-state index contributed by atoms with van der Waals surface area (Å²) in [5.41, 5.74) is 5.00. The van der Waals surface area contributed by atoms with Gasteiger partial charge in [0.1, 0.15) is 17.5 Å². The lowest BCUT2D eigenvalue weighted by Gasteiger charge is -2.38. The van der Waals surface area contributed by atoms with Crippen molar-refractivity contribution >= 4 is 23.0 Å². The summed E-state index contributed by atoms with van der Waals surface area (Å²) in [6.45, 7) is 8.51. The van der Waals surface area contributed by atoms with Gasteiger partial charge in [0, 0.05) is 56.6 Å². The van der Waals surface area contributed by atoms with Crippen molar-refractivity contribution in [1.29, 1.82) is 0 Å². The summed E-state index contributed by atoms with van der Waals surface area (Å²) in [6, 6.07) is 9.71. The Labute approximate surface area is 207 Å². The first-order chi connectivity index (χ1) is 17.1. The third-order valence-corrected chi connectivity index (χ3v) is 8.00. The minimum Gasteiger partial charge on any atom is -0.363 e. The second-order valence-corrected chi connectivity index (χ2v) is 10.3. The van der Waals surface area contributed by atoms with Crippen LogP contribution in [0.4, 0.5) is 16.0 Å². The first kappa shape index (κ1) is 22.4. The van der Waals surface area contributed by atoms with Gasteiger partial charge < -0.3 is 14.7 Å². The zero-order chi connectivity index (χ0) is 23.9. The van der Waals surface area contributed by atoms with Crippen LogP contribution in [0.25, 0.3) is 11.3 Å². The first-order valence-electron chi connectivity index (χ1n) is 13.2. The maximum absolute atomic E-state index is 14.4. The summed E-state index contributed by atoms with van der Waals surface area (Å²) in [7, 11) is 2.17. The Hall–Kier alpha value is -3.09. The Bertz CT molecular complexity index is 1250. The number of nitrogens with zero attached hydrogens (tertiary/aromatic N) is 6. The van der Waals surface area contributed by atoms with Gasteiger partial charge in [0.25, 0.3) is 0 Å². The SMILES string of the molecule is C=C1c2cc(F)ccc2CCCCCN(C)c2cc(N3CCC3)nc3cc(nn23)C2CCCCN12. The van der Waals surface area contributed by atoms with E-state index in [1.807, 2.05) is 10.6 Å². The van der Waals surface area contributed by atoms with E-state index in [0.717, 1.165) is 105 Å². The van der Waals surface area contributed by atoms with Crippen molar-refractivity contribution in [3.05, 3.63) is 59.5 Å². The zero-order valence-corrected chi connectivity index (χ0v) is 20.7. The summed E-state index contributed by atoms with van der Waals surface area (Å²) in [5, 5.41) is 5.13. The quantitative estimate of drug-likeness (QED) is 0.470. The van der Waals surface area contributed by atoms with E-state index in [1.54, 1.807) is 12.1 Å². The highest BCUT2D eigenvalue weighted by Crippen LogP contribution is 2.38. The maximum atomic E-state index is 14.4. The van der Waals surface area contributed by atoms with Gasteiger partial charge in [0.05, 0.1) is 11.7 Å². The lowest BCUT2D eigenvalue weighted by Crippen LogP contribution is -2.38. The highest BCUT2D eigenvalue weighted by Gasteiger charge is 2.30. The molecule has 184 valence electrons. The molecule has 2 aromatic heterocycles. The van der Waals surface area contributed by atoms with Crippen LogP contribution in [0.2, 0.25) is 0 Å². The number of anilines is 2. The number of piperidine rings is 1. The second-order valence-electron chi connectivity index (χ2n) is 10.3. The van der Waals surface area contributed by atoms with Crippen molar-refractivity contribution in [2.24, 2.45) is 0 Å². The fourth-order valence-corrected chi connectivity index (χ4v) is 5.81. The van der Waals surface area contributed by atoms with Crippen LogP contribution in [0.1, 0.15) is 67.8 Å². The Morgan fingerprint density at radius 3 is 2.63 bits per heavy atom. The standard InChI is InChI=1S/C28H35FN6/c1-20-23-17-22(29)12-11-21(23)9-4-3-6-13-32(2)28-19-26(33-14-8-15-33)30-27-18-24(31-35(27)28)25-10-5-7-16-34(20)25/h11-12,17-19,25H,1,3-10,13-16H2,2H3. The van der Waals surface area contributed by atoms with Crippen LogP contribution in [-0.2, 0) is 6.42 Å². The Morgan fingerprint density at radius 1 is 0.943 bits per heavy atom. The monoisotopic (exact) mass is 474 g/mol. The minimum atomic E-state index is -0.196. The molecule has 3 aliphatic heterocycles. The van der Waals surface area contributed by atoms with Crippen LogP contribution in [0.15, 0.2) is 36.9 Å². The molecule has 1 unspecified atom stereocenters. The highest BCUT2D eigenvalue weighted by atomic mass is 19.1. The molecule has 3 aliphatic rings. The predicted octanol–water partition coefficient (Wildman–Crippen LogP) is 5.44. The molecule has 0 saturated carbocycles. The molecule has 1 atom stereocenters. The molecule has 2 fully saturated rings. The molecule has 35 heavy (non-hydrogen) atoms. The average Bonchev–Trinajstić information content (AvgIpc) is 3.26. The zero-order valence-electron chi connectivity index (χ0n) is 20.7. The van der Waals surface area contributed by atoms with E-state index >= 15 is 0 Å². The van der Waals surface area contributed by atoms with Crippen LogP contribution in [0.5, 0.6) is 0 Å². The van der Waals surface area contributed by atoms with Gasteiger partial charge in [-0.2, -0.15) is 9.61 Å². The molecule has 0 spiro atoms. The van der Waals surface area contributed by atoms with Crippen molar-refractivity contribution in [1.82, 2.24) is 19.5 Å². The fraction of sp³-hybridized carbons (Fsp3) is 0.500. The second kappa shape index (κ2) is 9.17. The van der Waals surface area contributed by atoms with E-state index in [-0.39, 0.29) is 11.9 Å². The molecule has 0 radical (unpaired) electrons. The Morgan fingerprint density at radius 2 is 1.80 bits per heavy atom. The normalized spacial score (nSPS) is 21.4. The summed E-state index contributed by atoms with van der Waals surface area (Å²) >= 11 is 0. The fourth-order valence-electron chi connectivity index (χ4n) is 5.81. The molecule has 0 aliphatic carbocycles. The molecule has 6 rings (SSSR count). The number of aryl methyl sites for hydroxylation is 1. The van der Waals surface area contributed by atoms with Crippen molar-refractivity contribution in [2.75, 3.05) is 43.0 Å². The van der Waals surface area contributed by atoms with Crippen molar-refractivity contribution in [3.63, 3.8) is 0 Å². The van der Waals surface area contributed by atoms with Crippen molar-refractivity contribution < 1.29 is 4.39 Å². The van der Waals surface area contributed by atoms with E-state index in [4.69, 9.17) is 10.1 Å². The molecule has 3 aromatic rings. The van der Waals surface area contributed by atoms with E-state index in [2.05, 4.69) is 40.5 Å². The van der Waals surface area contributed by atoms with E-state index in [1.165, 1.54) is 12.0 Å². The largest absolute Gasteiger partial charge is 0.363 e. The van der Waals surface area contributed by atoms with Gasteiger partial charge in [0.15, 0.2) is 5.65 Å². The van der Waals surface area contributed by atoms with Gasteiger partial charge in [-0.25, -0.2) is 9.37 Å². The van der Waals surface area contributed by atoms with Gasteiger partial charge in [-0.3, -0.25) is 0 Å². The number of hydrogen-bond donors (Lipinski definition) is 0. The smallest absolute Gasteiger partial charge is 0.160 e. The van der Waals surface area contributed by atoms with Crippen LogP contribution in [0.3, 0.4) is 0 Å². The number of rotatable bonds is 1. The summed E-state index contributed by atoms with van der Waals surface area (Å²) in [4.78, 5) is 12.1. The topological polar surface area (TPSA) is 39.9 Å². The predicted molar refractivity (Wildman–Crippen MR) is 139 cm³/mol. The molecule has 0 amide bonds. The number of aromatic nitrogens is 3. The number of benzene rings is 1. The number of halogens is 1. The summed E-state index contributed by atoms with van der Waals surface area (Å²) in [5.74, 6) is 1.95. The molecule has 2 bridgehead atoms. The molecular formula is C28H35FN6.